The van der Waals surface area contributed by atoms with Crippen LogP contribution < -0.4 is 0 Å². The number of ether oxygens (including phenoxy) is 1. The number of fused-ring (bicyclic) bond motifs is 3. The summed E-state index contributed by atoms with van der Waals surface area (Å²) < 4.78 is 18.5. The van der Waals surface area contributed by atoms with Crippen molar-refractivity contribution in [1.29, 1.82) is 0 Å². The molecule has 3 aliphatic rings. The lowest BCUT2D eigenvalue weighted by molar-refractivity contribution is -0.0380. The van der Waals surface area contributed by atoms with Crippen molar-refractivity contribution in [1.82, 2.24) is 4.90 Å². The summed E-state index contributed by atoms with van der Waals surface area (Å²) in [7, 11) is 0. The lowest BCUT2D eigenvalue weighted by Gasteiger charge is -2.49. The van der Waals surface area contributed by atoms with E-state index in [1.54, 1.807) is 0 Å². The van der Waals surface area contributed by atoms with Crippen LogP contribution in [0.3, 0.4) is 0 Å². The molecule has 3 fully saturated rings. The number of rotatable bonds is 1. The Labute approximate surface area is 72.7 Å². The molecule has 3 heteroatoms. The van der Waals surface area contributed by atoms with Gasteiger partial charge in [-0.15, -0.1) is 0 Å². The van der Waals surface area contributed by atoms with E-state index in [9.17, 15) is 4.39 Å². The van der Waals surface area contributed by atoms with E-state index in [1.165, 1.54) is 0 Å². The fraction of sp³-hybridized carbons (Fsp3) is 1.00. The van der Waals surface area contributed by atoms with E-state index in [0.717, 1.165) is 13.0 Å². The van der Waals surface area contributed by atoms with Gasteiger partial charge in [0.2, 0.25) is 0 Å². The van der Waals surface area contributed by atoms with Crippen LogP contribution in [0.1, 0.15) is 20.3 Å². The topological polar surface area (TPSA) is 12.5 Å². The quantitative estimate of drug-likeness (QED) is 0.591. The van der Waals surface area contributed by atoms with Crippen LogP contribution >= 0.6 is 0 Å². The van der Waals surface area contributed by atoms with Gasteiger partial charge >= 0.3 is 0 Å². The second-order valence-electron chi connectivity index (χ2n) is 4.05. The average Bonchev–Trinajstić information content (AvgIpc) is 2.15. The highest BCUT2D eigenvalue weighted by atomic mass is 19.1. The minimum absolute atomic E-state index is 0.137. The molecule has 0 spiro atoms. The van der Waals surface area contributed by atoms with E-state index in [2.05, 4.69) is 18.7 Å². The molecule has 0 amide bonds. The van der Waals surface area contributed by atoms with E-state index in [1.807, 2.05) is 0 Å². The van der Waals surface area contributed by atoms with Gasteiger partial charge in [0.25, 0.3) is 0 Å². The molecule has 0 unspecified atom stereocenters. The normalized spacial score (nSPS) is 42.5. The van der Waals surface area contributed by atoms with Crippen LogP contribution in [0.2, 0.25) is 0 Å². The zero-order valence-corrected chi connectivity index (χ0v) is 7.66. The summed E-state index contributed by atoms with van der Waals surface area (Å²) in [6.07, 6.45) is 0.213. The third kappa shape index (κ3) is 1.15. The summed E-state index contributed by atoms with van der Waals surface area (Å²) in [4.78, 5) is 2.25. The van der Waals surface area contributed by atoms with Crippen LogP contribution in [0.25, 0.3) is 0 Å². The van der Waals surface area contributed by atoms with Gasteiger partial charge in [-0.05, 0) is 20.3 Å². The Hall–Kier alpha value is -0.150. The summed E-state index contributed by atoms with van der Waals surface area (Å²) >= 11 is 0. The van der Waals surface area contributed by atoms with Gasteiger partial charge in [0, 0.05) is 18.1 Å². The molecule has 0 aromatic carbocycles. The van der Waals surface area contributed by atoms with Gasteiger partial charge in [-0.1, -0.05) is 0 Å². The second-order valence-corrected chi connectivity index (χ2v) is 4.05. The molecule has 2 bridgehead atoms. The van der Waals surface area contributed by atoms with Crippen LogP contribution in [0.5, 0.6) is 0 Å². The fourth-order valence-corrected chi connectivity index (χ4v) is 2.38. The molecule has 12 heavy (non-hydrogen) atoms. The molecule has 2 nitrogen and oxygen atoms in total. The number of hydrogen-bond donors (Lipinski definition) is 0. The van der Waals surface area contributed by atoms with Crippen LogP contribution in [0, 0.1) is 0 Å². The molecule has 3 heterocycles. The Kier molecular flexibility index (Phi) is 2.09. The minimum Gasteiger partial charge on any atom is -0.377 e. The zero-order valence-electron chi connectivity index (χ0n) is 7.66. The number of hydrogen-bond acceptors (Lipinski definition) is 2. The molecule has 0 aromatic rings. The van der Waals surface area contributed by atoms with Crippen LogP contribution in [-0.2, 0) is 4.74 Å². The van der Waals surface area contributed by atoms with E-state index >= 15 is 0 Å². The van der Waals surface area contributed by atoms with Gasteiger partial charge in [0.05, 0.1) is 13.2 Å². The molecule has 0 radical (unpaired) electrons. The van der Waals surface area contributed by atoms with Gasteiger partial charge in [0.1, 0.15) is 6.17 Å². The van der Waals surface area contributed by atoms with Crippen molar-refractivity contribution in [2.24, 2.45) is 0 Å². The highest BCUT2D eigenvalue weighted by Gasteiger charge is 2.46. The molecule has 0 aliphatic carbocycles. The molecule has 70 valence electrons. The van der Waals surface area contributed by atoms with Gasteiger partial charge < -0.3 is 4.74 Å². The monoisotopic (exact) mass is 173 g/mol. The lowest BCUT2D eigenvalue weighted by Crippen LogP contribution is -2.62. The van der Waals surface area contributed by atoms with Crippen molar-refractivity contribution in [2.75, 3.05) is 13.2 Å². The lowest BCUT2D eigenvalue weighted by atomic mass is 9.89. The van der Waals surface area contributed by atoms with Crippen LogP contribution in [0.15, 0.2) is 0 Å². The molecular weight excluding hydrogens is 157 g/mol. The van der Waals surface area contributed by atoms with Gasteiger partial charge in [0.15, 0.2) is 0 Å². The number of alkyl halides is 1. The maximum atomic E-state index is 13.3. The molecule has 0 aromatic heterocycles. The van der Waals surface area contributed by atoms with E-state index in [0.29, 0.717) is 18.7 Å². The first-order valence-corrected chi connectivity index (χ1v) is 4.69. The smallest absolute Gasteiger partial charge is 0.139 e. The first-order chi connectivity index (χ1) is 5.70. The molecule has 0 N–H and O–H groups in total. The predicted molar refractivity (Wildman–Crippen MR) is 44.9 cm³/mol. The summed E-state index contributed by atoms with van der Waals surface area (Å²) in [5.74, 6) is 0. The molecule has 3 aliphatic heterocycles. The molecule has 3 rings (SSSR count). The van der Waals surface area contributed by atoms with Gasteiger partial charge in [-0.25, -0.2) is 4.39 Å². The number of nitrogens with zero attached hydrogens (tertiary/aromatic N) is 1. The molecule has 3 atom stereocenters. The standard InChI is InChI=1S/C9H16FNO/c1-6(2)11-7-3-9(11)8(10)5-12-4-7/h6-9H,3-5H2,1-2H3/t7-,8+,9+/m1/s1. The van der Waals surface area contributed by atoms with Crippen molar-refractivity contribution < 1.29 is 9.13 Å². The highest BCUT2D eigenvalue weighted by molar-refractivity contribution is 5.00. The average molecular weight is 173 g/mol. The van der Waals surface area contributed by atoms with Crippen molar-refractivity contribution in [2.45, 2.75) is 44.6 Å². The van der Waals surface area contributed by atoms with E-state index in [-0.39, 0.29) is 6.04 Å². The van der Waals surface area contributed by atoms with Crippen molar-refractivity contribution in [3.8, 4) is 0 Å². The maximum absolute atomic E-state index is 13.3. The summed E-state index contributed by atoms with van der Waals surface area (Å²) in [5.41, 5.74) is 0. The third-order valence-corrected chi connectivity index (χ3v) is 2.92. The van der Waals surface area contributed by atoms with Crippen molar-refractivity contribution in [3.05, 3.63) is 0 Å². The van der Waals surface area contributed by atoms with Gasteiger partial charge in [-0.3, -0.25) is 4.90 Å². The summed E-state index contributed by atoms with van der Waals surface area (Å²) in [6.45, 7) is 5.26. The molecule has 3 saturated heterocycles. The Balaban J connectivity index is 2.06. The third-order valence-electron chi connectivity index (χ3n) is 2.92. The van der Waals surface area contributed by atoms with Crippen molar-refractivity contribution >= 4 is 0 Å². The Morgan fingerprint density at radius 1 is 1.42 bits per heavy atom. The highest BCUT2D eigenvalue weighted by Crippen LogP contribution is 2.34. The Morgan fingerprint density at radius 3 is 2.83 bits per heavy atom. The minimum atomic E-state index is -0.772. The predicted octanol–water partition coefficient (Wildman–Crippen LogP) is 1.21. The SMILES string of the molecule is CC(C)N1[C@H]2COC[C@H](F)[C@@H]1C2. The maximum Gasteiger partial charge on any atom is 0.139 e. The summed E-state index contributed by atoms with van der Waals surface area (Å²) in [5, 5.41) is 0. The molecular formula is C9H16FNO. The Morgan fingerprint density at radius 2 is 2.17 bits per heavy atom. The van der Waals surface area contributed by atoms with E-state index < -0.39 is 6.17 Å². The fourth-order valence-electron chi connectivity index (χ4n) is 2.38. The van der Waals surface area contributed by atoms with Crippen molar-refractivity contribution in [3.63, 3.8) is 0 Å². The first kappa shape index (κ1) is 8.45. The van der Waals surface area contributed by atoms with Crippen LogP contribution in [0.4, 0.5) is 4.39 Å². The second kappa shape index (κ2) is 2.96. The zero-order chi connectivity index (χ0) is 8.72. The largest absolute Gasteiger partial charge is 0.377 e. The van der Waals surface area contributed by atoms with Gasteiger partial charge in [-0.2, -0.15) is 0 Å². The van der Waals surface area contributed by atoms with E-state index in [4.69, 9.17) is 4.74 Å². The molecule has 0 saturated carbocycles. The number of halogens is 1. The van der Waals surface area contributed by atoms with Crippen LogP contribution in [-0.4, -0.2) is 42.4 Å². The summed E-state index contributed by atoms with van der Waals surface area (Å²) in [6, 6.07) is 1.07. The Bertz CT molecular complexity index is 174. The first-order valence-electron chi connectivity index (χ1n) is 4.69.